The lowest BCUT2D eigenvalue weighted by Gasteiger charge is -2.08. The van der Waals surface area contributed by atoms with Crippen molar-refractivity contribution >= 4 is 21.7 Å². The van der Waals surface area contributed by atoms with E-state index >= 15 is 0 Å². The van der Waals surface area contributed by atoms with Crippen LogP contribution in [-0.2, 0) is 6.54 Å². The van der Waals surface area contributed by atoms with E-state index in [1.54, 1.807) is 19.2 Å². The number of aryl methyl sites for hydroxylation is 1. The van der Waals surface area contributed by atoms with Crippen molar-refractivity contribution < 1.29 is 0 Å². The van der Waals surface area contributed by atoms with Crippen molar-refractivity contribution in [3.63, 3.8) is 0 Å². The topological polar surface area (TPSA) is 73.8 Å². The second-order valence-corrected chi connectivity index (χ2v) is 4.42. The number of halogens is 1. The molecule has 2 rings (SSSR count). The molecule has 0 amide bonds. The van der Waals surface area contributed by atoms with Gasteiger partial charge in [0.2, 0.25) is 0 Å². The summed E-state index contributed by atoms with van der Waals surface area (Å²) in [6, 6.07) is 3.62. The lowest BCUT2D eigenvalue weighted by atomic mass is 10.2. The fourth-order valence-electron chi connectivity index (χ4n) is 1.43. The molecule has 2 heterocycles. The third kappa shape index (κ3) is 2.36. The van der Waals surface area contributed by atoms with Crippen molar-refractivity contribution in [1.29, 1.82) is 0 Å². The van der Waals surface area contributed by atoms with E-state index in [9.17, 15) is 4.79 Å². The van der Waals surface area contributed by atoms with E-state index in [1.165, 1.54) is 10.9 Å². The van der Waals surface area contributed by atoms with Crippen LogP contribution in [0.25, 0.3) is 0 Å². The molecule has 2 aromatic rings. The number of rotatable bonds is 2. The van der Waals surface area contributed by atoms with Crippen molar-refractivity contribution in [1.82, 2.24) is 14.5 Å². The van der Waals surface area contributed by atoms with Crippen molar-refractivity contribution in [2.24, 2.45) is 0 Å². The third-order valence-electron chi connectivity index (χ3n) is 2.42. The minimum absolute atomic E-state index is 0.124. The summed E-state index contributed by atoms with van der Waals surface area (Å²) in [5.41, 5.74) is 7.07. The van der Waals surface area contributed by atoms with Crippen molar-refractivity contribution in [3.05, 3.63) is 50.7 Å². The molecular weight excluding hydrogens is 284 g/mol. The van der Waals surface area contributed by atoms with Crippen LogP contribution in [0.1, 0.15) is 11.3 Å². The van der Waals surface area contributed by atoms with Gasteiger partial charge in [0.1, 0.15) is 10.3 Å². The van der Waals surface area contributed by atoms with Gasteiger partial charge in [-0.3, -0.25) is 9.36 Å². The van der Waals surface area contributed by atoms with Gasteiger partial charge in [-0.2, -0.15) is 0 Å². The first kappa shape index (κ1) is 11.8. The zero-order valence-corrected chi connectivity index (χ0v) is 10.8. The van der Waals surface area contributed by atoms with Crippen LogP contribution in [0.2, 0.25) is 0 Å². The molecule has 0 aliphatic heterocycles. The predicted octanol–water partition coefficient (Wildman–Crippen LogP) is 1.34. The molecule has 0 radical (unpaired) electrons. The number of nitrogens with zero attached hydrogens (tertiary/aromatic N) is 3. The maximum atomic E-state index is 11.9. The van der Waals surface area contributed by atoms with E-state index in [-0.39, 0.29) is 5.56 Å². The predicted molar refractivity (Wildman–Crippen MR) is 68.7 cm³/mol. The SMILES string of the molecule is Cc1ncn(Cc2cccnc2N)c(=O)c1Br. The Morgan fingerprint density at radius 3 is 2.94 bits per heavy atom. The van der Waals surface area contributed by atoms with Gasteiger partial charge in [-0.15, -0.1) is 0 Å². The molecular formula is C11H11BrN4O. The summed E-state index contributed by atoms with van der Waals surface area (Å²) in [6.07, 6.45) is 3.12. The van der Waals surface area contributed by atoms with Crippen LogP contribution in [-0.4, -0.2) is 14.5 Å². The number of nitrogen functional groups attached to an aromatic ring is 1. The lowest BCUT2D eigenvalue weighted by molar-refractivity contribution is 0.724. The maximum absolute atomic E-state index is 11.9. The van der Waals surface area contributed by atoms with E-state index in [0.717, 1.165) is 5.56 Å². The smallest absolute Gasteiger partial charge is 0.268 e. The van der Waals surface area contributed by atoms with Crippen LogP contribution in [0.15, 0.2) is 33.9 Å². The largest absolute Gasteiger partial charge is 0.383 e. The van der Waals surface area contributed by atoms with Gasteiger partial charge < -0.3 is 5.73 Å². The molecule has 0 saturated heterocycles. The fourth-order valence-corrected chi connectivity index (χ4v) is 1.76. The molecule has 88 valence electrons. The monoisotopic (exact) mass is 294 g/mol. The normalized spacial score (nSPS) is 10.5. The molecule has 0 spiro atoms. The van der Waals surface area contributed by atoms with Crippen LogP contribution in [0.4, 0.5) is 5.82 Å². The molecule has 0 unspecified atom stereocenters. The molecule has 0 saturated carbocycles. The highest BCUT2D eigenvalue weighted by Gasteiger charge is 2.07. The van der Waals surface area contributed by atoms with Crippen LogP contribution in [0, 0.1) is 6.92 Å². The number of pyridine rings is 1. The molecule has 17 heavy (non-hydrogen) atoms. The van der Waals surface area contributed by atoms with E-state index in [4.69, 9.17) is 5.73 Å². The van der Waals surface area contributed by atoms with Gasteiger partial charge in [-0.05, 0) is 28.9 Å². The van der Waals surface area contributed by atoms with Crippen LogP contribution < -0.4 is 11.3 Å². The zero-order valence-electron chi connectivity index (χ0n) is 9.22. The molecule has 0 aliphatic carbocycles. The van der Waals surface area contributed by atoms with Crippen LogP contribution in [0.3, 0.4) is 0 Å². The Balaban J connectivity index is 2.41. The minimum Gasteiger partial charge on any atom is -0.383 e. The first-order valence-corrected chi connectivity index (χ1v) is 5.80. The number of anilines is 1. The van der Waals surface area contributed by atoms with Crippen molar-refractivity contribution in [2.75, 3.05) is 5.73 Å². The van der Waals surface area contributed by atoms with Gasteiger partial charge in [0.25, 0.3) is 5.56 Å². The molecule has 0 bridgehead atoms. The molecule has 2 aromatic heterocycles. The molecule has 0 atom stereocenters. The van der Waals surface area contributed by atoms with Gasteiger partial charge >= 0.3 is 0 Å². The Morgan fingerprint density at radius 2 is 2.24 bits per heavy atom. The van der Waals surface area contributed by atoms with Crippen molar-refractivity contribution in [3.8, 4) is 0 Å². The summed E-state index contributed by atoms with van der Waals surface area (Å²) >= 11 is 3.22. The molecule has 2 N–H and O–H groups in total. The first-order chi connectivity index (χ1) is 8.09. The second-order valence-electron chi connectivity index (χ2n) is 3.62. The zero-order chi connectivity index (χ0) is 12.4. The summed E-state index contributed by atoms with van der Waals surface area (Å²) in [5.74, 6) is 0.427. The molecule has 5 nitrogen and oxygen atoms in total. The average Bonchev–Trinajstić information content (AvgIpc) is 2.32. The summed E-state index contributed by atoms with van der Waals surface area (Å²) in [4.78, 5) is 20.0. The number of hydrogen-bond acceptors (Lipinski definition) is 4. The Hall–Kier alpha value is -1.69. The number of nitrogens with two attached hydrogens (primary N) is 1. The Bertz CT molecular complexity index is 609. The van der Waals surface area contributed by atoms with E-state index in [1.807, 2.05) is 6.07 Å². The van der Waals surface area contributed by atoms with E-state index in [2.05, 4.69) is 25.9 Å². The molecule has 0 aromatic carbocycles. The third-order valence-corrected chi connectivity index (χ3v) is 3.34. The highest BCUT2D eigenvalue weighted by molar-refractivity contribution is 9.10. The Kier molecular flexibility index (Phi) is 3.23. The minimum atomic E-state index is -0.124. The Morgan fingerprint density at radius 1 is 1.47 bits per heavy atom. The highest BCUT2D eigenvalue weighted by Crippen LogP contribution is 2.10. The molecule has 0 aliphatic rings. The fraction of sp³-hybridized carbons (Fsp3) is 0.182. The van der Waals surface area contributed by atoms with Crippen molar-refractivity contribution in [2.45, 2.75) is 13.5 Å². The molecule has 0 fully saturated rings. The maximum Gasteiger partial charge on any atom is 0.268 e. The number of aromatic nitrogens is 3. The van der Waals surface area contributed by atoms with Crippen LogP contribution in [0.5, 0.6) is 0 Å². The summed E-state index contributed by atoms with van der Waals surface area (Å²) < 4.78 is 1.97. The summed E-state index contributed by atoms with van der Waals surface area (Å²) in [6.45, 7) is 2.14. The highest BCUT2D eigenvalue weighted by atomic mass is 79.9. The summed E-state index contributed by atoms with van der Waals surface area (Å²) in [7, 11) is 0. The summed E-state index contributed by atoms with van der Waals surface area (Å²) in [5, 5.41) is 0. The Labute approximate surface area is 106 Å². The van der Waals surface area contributed by atoms with Crippen LogP contribution >= 0.6 is 15.9 Å². The van der Waals surface area contributed by atoms with Gasteiger partial charge in [0.05, 0.1) is 18.6 Å². The van der Waals surface area contributed by atoms with Gasteiger partial charge in [-0.1, -0.05) is 6.07 Å². The van der Waals surface area contributed by atoms with Gasteiger partial charge in [0, 0.05) is 11.8 Å². The quantitative estimate of drug-likeness (QED) is 0.907. The standard InChI is InChI=1S/C11H11BrN4O/c1-7-9(12)11(17)16(6-15-7)5-8-3-2-4-14-10(8)13/h2-4,6H,5H2,1H3,(H2,13,14). The average molecular weight is 295 g/mol. The number of hydrogen-bond donors (Lipinski definition) is 1. The lowest BCUT2D eigenvalue weighted by Crippen LogP contribution is -2.23. The van der Waals surface area contributed by atoms with Gasteiger partial charge in [-0.25, -0.2) is 9.97 Å². The van der Waals surface area contributed by atoms with E-state index < -0.39 is 0 Å². The van der Waals surface area contributed by atoms with Gasteiger partial charge in [0.15, 0.2) is 0 Å². The van der Waals surface area contributed by atoms with E-state index in [0.29, 0.717) is 22.5 Å². The first-order valence-electron chi connectivity index (χ1n) is 5.00. The second kappa shape index (κ2) is 4.67. The molecule has 6 heteroatoms.